The minimum Gasteiger partial charge on any atom is -0.481 e. The highest BCUT2D eigenvalue weighted by atomic mass is 16.5. The Hall–Kier alpha value is -1.43. The summed E-state index contributed by atoms with van der Waals surface area (Å²) in [6, 6.07) is 0. The molecule has 20 heavy (non-hydrogen) atoms. The molecule has 0 radical (unpaired) electrons. The van der Waals surface area contributed by atoms with Gasteiger partial charge >= 0.3 is 5.97 Å². The van der Waals surface area contributed by atoms with Crippen molar-refractivity contribution in [2.75, 3.05) is 13.1 Å². The smallest absolute Gasteiger partial charge is 0.309 e. The Morgan fingerprint density at radius 1 is 1.55 bits per heavy atom. The summed E-state index contributed by atoms with van der Waals surface area (Å²) in [5, 5.41) is 13.2. The van der Waals surface area contributed by atoms with Crippen molar-refractivity contribution in [2.45, 2.75) is 46.6 Å². The molecule has 0 spiro atoms. The molecule has 0 aromatic carbocycles. The molecule has 112 valence electrons. The molecule has 1 atom stereocenters. The van der Waals surface area contributed by atoms with Crippen molar-refractivity contribution in [1.82, 2.24) is 15.0 Å². The summed E-state index contributed by atoms with van der Waals surface area (Å²) in [5.74, 6) is 0.771. The minimum atomic E-state index is -0.726. The Bertz CT molecular complexity index is 470. The molecule has 1 saturated heterocycles. The van der Waals surface area contributed by atoms with E-state index in [1.807, 2.05) is 20.8 Å². The average Bonchev–Trinajstić information content (AvgIpc) is 2.86. The van der Waals surface area contributed by atoms with Gasteiger partial charge in [-0.25, -0.2) is 0 Å². The molecule has 0 amide bonds. The summed E-state index contributed by atoms with van der Waals surface area (Å²) in [5.41, 5.74) is -0.692. The van der Waals surface area contributed by atoms with Crippen LogP contribution in [0.2, 0.25) is 0 Å². The molecule has 1 unspecified atom stereocenters. The van der Waals surface area contributed by atoms with Crippen molar-refractivity contribution in [3.63, 3.8) is 0 Å². The van der Waals surface area contributed by atoms with Gasteiger partial charge in [0.25, 0.3) is 0 Å². The van der Waals surface area contributed by atoms with Gasteiger partial charge in [0, 0.05) is 13.0 Å². The van der Waals surface area contributed by atoms with Gasteiger partial charge in [0.1, 0.15) is 0 Å². The molecule has 1 fully saturated rings. The summed E-state index contributed by atoms with van der Waals surface area (Å²) in [6.45, 7) is 7.94. The van der Waals surface area contributed by atoms with Crippen LogP contribution in [0.15, 0.2) is 4.52 Å². The van der Waals surface area contributed by atoms with Gasteiger partial charge in [-0.1, -0.05) is 12.1 Å². The molecular formula is C14H23N3O3. The van der Waals surface area contributed by atoms with Crippen LogP contribution in [0, 0.1) is 11.3 Å². The van der Waals surface area contributed by atoms with E-state index in [2.05, 4.69) is 15.0 Å². The van der Waals surface area contributed by atoms with Crippen LogP contribution in [-0.4, -0.2) is 39.2 Å². The second kappa shape index (κ2) is 5.91. The first-order valence-electron chi connectivity index (χ1n) is 7.20. The van der Waals surface area contributed by atoms with E-state index in [9.17, 15) is 9.90 Å². The van der Waals surface area contributed by atoms with E-state index in [0.717, 1.165) is 38.2 Å². The molecule has 2 heterocycles. The van der Waals surface area contributed by atoms with E-state index < -0.39 is 11.4 Å². The highest BCUT2D eigenvalue weighted by Crippen LogP contribution is 2.34. The quantitative estimate of drug-likeness (QED) is 0.888. The monoisotopic (exact) mass is 281 g/mol. The summed E-state index contributed by atoms with van der Waals surface area (Å²) in [4.78, 5) is 17.9. The van der Waals surface area contributed by atoms with Gasteiger partial charge < -0.3 is 9.63 Å². The molecule has 6 nitrogen and oxygen atoms in total. The molecule has 0 bridgehead atoms. The summed E-state index contributed by atoms with van der Waals surface area (Å²) in [6.07, 6.45) is 2.73. The fourth-order valence-corrected chi connectivity index (χ4v) is 2.65. The normalized spacial score (nSPS) is 21.1. The zero-order valence-corrected chi connectivity index (χ0v) is 12.4. The number of piperidine rings is 1. The number of hydrogen-bond acceptors (Lipinski definition) is 5. The van der Waals surface area contributed by atoms with E-state index in [1.54, 1.807) is 0 Å². The van der Waals surface area contributed by atoms with Gasteiger partial charge in [-0.2, -0.15) is 4.98 Å². The van der Waals surface area contributed by atoms with E-state index >= 15 is 0 Å². The number of likely N-dealkylation sites (tertiary alicyclic amines) is 1. The number of aryl methyl sites for hydroxylation is 1. The van der Waals surface area contributed by atoms with Crippen molar-refractivity contribution in [3.8, 4) is 0 Å². The maximum atomic E-state index is 11.4. The molecule has 1 aliphatic rings. The zero-order chi connectivity index (χ0) is 14.8. The molecule has 1 aromatic rings. The Balaban J connectivity index is 1.98. The van der Waals surface area contributed by atoms with Gasteiger partial charge in [0.05, 0.1) is 12.0 Å². The van der Waals surface area contributed by atoms with Gasteiger partial charge in [-0.15, -0.1) is 0 Å². The fraction of sp³-hybridized carbons (Fsp3) is 0.786. The van der Waals surface area contributed by atoms with Crippen LogP contribution in [0.25, 0.3) is 0 Å². The Morgan fingerprint density at radius 3 is 2.90 bits per heavy atom. The van der Waals surface area contributed by atoms with E-state index in [4.69, 9.17) is 4.52 Å². The first-order valence-corrected chi connectivity index (χ1v) is 7.20. The Labute approximate surface area is 119 Å². The SMILES string of the molecule is CCc1noc(CN2CCCC(C(C)(C)C(=O)O)C2)n1. The van der Waals surface area contributed by atoms with Crippen molar-refractivity contribution < 1.29 is 14.4 Å². The second-order valence-corrected chi connectivity index (χ2v) is 6.06. The topological polar surface area (TPSA) is 79.5 Å². The number of carbonyl (C=O) groups is 1. The minimum absolute atomic E-state index is 0.155. The van der Waals surface area contributed by atoms with E-state index in [1.165, 1.54) is 0 Å². The van der Waals surface area contributed by atoms with Crippen LogP contribution in [0.1, 0.15) is 45.3 Å². The maximum absolute atomic E-state index is 11.4. The second-order valence-electron chi connectivity index (χ2n) is 6.06. The number of aromatic nitrogens is 2. The summed E-state index contributed by atoms with van der Waals surface area (Å²) >= 11 is 0. The molecule has 0 saturated carbocycles. The van der Waals surface area contributed by atoms with Crippen molar-refractivity contribution in [2.24, 2.45) is 11.3 Å². The number of nitrogens with zero attached hydrogens (tertiary/aromatic N) is 3. The third-order valence-electron chi connectivity index (χ3n) is 4.26. The average molecular weight is 281 g/mol. The van der Waals surface area contributed by atoms with Gasteiger partial charge in [0.15, 0.2) is 5.82 Å². The number of hydrogen-bond donors (Lipinski definition) is 1. The number of carboxylic acids is 1. The Kier molecular flexibility index (Phi) is 4.42. The first-order chi connectivity index (χ1) is 9.43. The maximum Gasteiger partial charge on any atom is 0.309 e. The van der Waals surface area contributed by atoms with Crippen LogP contribution < -0.4 is 0 Å². The van der Waals surface area contributed by atoms with Crippen LogP contribution >= 0.6 is 0 Å². The zero-order valence-electron chi connectivity index (χ0n) is 12.4. The predicted molar refractivity (Wildman–Crippen MR) is 73.1 cm³/mol. The fourth-order valence-electron chi connectivity index (χ4n) is 2.65. The van der Waals surface area contributed by atoms with E-state index in [-0.39, 0.29) is 5.92 Å². The summed E-state index contributed by atoms with van der Waals surface area (Å²) in [7, 11) is 0. The Morgan fingerprint density at radius 2 is 2.30 bits per heavy atom. The molecule has 2 rings (SSSR count). The lowest BCUT2D eigenvalue weighted by Gasteiger charge is -2.38. The first kappa shape index (κ1) is 15.0. The van der Waals surface area contributed by atoms with Crippen molar-refractivity contribution in [1.29, 1.82) is 0 Å². The number of carboxylic acid groups (broad SMARTS) is 1. The third-order valence-corrected chi connectivity index (χ3v) is 4.26. The molecule has 1 aliphatic heterocycles. The lowest BCUT2D eigenvalue weighted by atomic mass is 9.74. The lowest BCUT2D eigenvalue weighted by molar-refractivity contribution is -0.151. The van der Waals surface area contributed by atoms with Crippen LogP contribution in [0.3, 0.4) is 0 Å². The third kappa shape index (κ3) is 3.17. The largest absolute Gasteiger partial charge is 0.481 e. The van der Waals surface area contributed by atoms with Crippen LogP contribution in [0.4, 0.5) is 0 Å². The van der Waals surface area contributed by atoms with Crippen molar-refractivity contribution >= 4 is 5.97 Å². The van der Waals surface area contributed by atoms with Crippen LogP contribution in [-0.2, 0) is 17.8 Å². The molecule has 0 aliphatic carbocycles. The molecule has 6 heteroatoms. The van der Waals surface area contributed by atoms with E-state index in [0.29, 0.717) is 12.4 Å². The molecule has 1 N–H and O–H groups in total. The van der Waals surface area contributed by atoms with Gasteiger partial charge in [-0.3, -0.25) is 9.69 Å². The highest BCUT2D eigenvalue weighted by Gasteiger charge is 2.39. The molecular weight excluding hydrogens is 258 g/mol. The standard InChI is InChI=1S/C14H23N3O3/c1-4-11-15-12(20-16-11)9-17-7-5-6-10(8-17)14(2,3)13(18)19/h10H,4-9H2,1-3H3,(H,18,19). The summed E-state index contributed by atoms with van der Waals surface area (Å²) < 4.78 is 5.21. The predicted octanol–water partition coefficient (Wildman–Crippen LogP) is 1.95. The number of aliphatic carboxylic acids is 1. The number of rotatable bonds is 5. The molecule has 1 aromatic heterocycles. The highest BCUT2D eigenvalue weighted by molar-refractivity contribution is 5.74. The van der Waals surface area contributed by atoms with Crippen LogP contribution in [0.5, 0.6) is 0 Å². The van der Waals surface area contributed by atoms with Crippen molar-refractivity contribution in [3.05, 3.63) is 11.7 Å². The van der Waals surface area contributed by atoms with Gasteiger partial charge in [-0.05, 0) is 39.2 Å². The van der Waals surface area contributed by atoms with Gasteiger partial charge in [0.2, 0.25) is 5.89 Å². The lowest BCUT2D eigenvalue weighted by Crippen LogP contribution is -2.44.